The first-order valence-corrected chi connectivity index (χ1v) is 2.37. The van der Waals surface area contributed by atoms with Gasteiger partial charge in [0.2, 0.25) is 6.29 Å². The third kappa shape index (κ3) is 3.52. The number of methoxy groups -OCH3 is 1. The fourth-order valence-corrected chi connectivity index (χ4v) is 0.314. The molecule has 0 amide bonds. The molecule has 0 aliphatic rings. The van der Waals surface area contributed by atoms with Crippen molar-refractivity contribution in [2.75, 3.05) is 7.11 Å². The van der Waals surface area contributed by atoms with E-state index in [1.807, 2.05) is 0 Å². The van der Waals surface area contributed by atoms with E-state index in [1.54, 1.807) is 6.29 Å². The van der Waals surface area contributed by atoms with E-state index in [0.717, 1.165) is 0 Å². The van der Waals surface area contributed by atoms with Crippen molar-refractivity contribution in [3.63, 3.8) is 0 Å². The van der Waals surface area contributed by atoms with Crippen LogP contribution in [0.15, 0.2) is 10.7 Å². The minimum absolute atomic E-state index is 0.287. The Bertz CT molecular complexity index is 87.7. The number of carbonyl (C=O) groups excluding carboxylic acids is 1. The van der Waals surface area contributed by atoms with Crippen LogP contribution in [0.25, 0.3) is 0 Å². The molecular formula is C4H4BrO2. The first-order chi connectivity index (χ1) is 3.31. The quantitative estimate of drug-likeness (QED) is 0.449. The van der Waals surface area contributed by atoms with Crippen molar-refractivity contribution in [3.05, 3.63) is 10.7 Å². The highest BCUT2D eigenvalue weighted by Crippen LogP contribution is 1.97. The standard InChI is InChI=1S/C4H4BrO2/c1-7-3-4(5)2-6/h3H,1H3/b4-3-. The third-order valence-electron chi connectivity index (χ3n) is 0.319. The molecule has 0 atom stereocenters. The van der Waals surface area contributed by atoms with Crippen molar-refractivity contribution in [2.45, 2.75) is 0 Å². The summed E-state index contributed by atoms with van der Waals surface area (Å²) < 4.78 is 4.71. The minimum atomic E-state index is 0.287. The molecule has 0 rings (SSSR count). The Morgan fingerprint density at radius 1 is 2.00 bits per heavy atom. The summed E-state index contributed by atoms with van der Waals surface area (Å²) in [5.41, 5.74) is 0. The van der Waals surface area contributed by atoms with E-state index in [1.165, 1.54) is 13.4 Å². The van der Waals surface area contributed by atoms with Gasteiger partial charge in [-0.2, -0.15) is 0 Å². The van der Waals surface area contributed by atoms with Gasteiger partial charge in [-0.05, 0) is 15.9 Å². The van der Waals surface area contributed by atoms with Crippen LogP contribution in [-0.4, -0.2) is 13.4 Å². The lowest BCUT2D eigenvalue weighted by molar-refractivity contribution is 0.337. The zero-order chi connectivity index (χ0) is 5.70. The molecule has 0 saturated heterocycles. The Kier molecular flexibility index (Phi) is 3.69. The van der Waals surface area contributed by atoms with E-state index in [0.29, 0.717) is 0 Å². The van der Waals surface area contributed by atoms with E-state index in [9.17, 15) is 4.79 Å². The largest absolute Gasteiger partial charge is 0.503 e. The fourth-order valence-electron chi connectivity index (χ4n) is 0.128. The first kappa shape index (κ1) is 6.69. The lowest BCUT2D eigenvalue weighted by Gasteiger charge is -1.82. The lowest BCUT2D eigenvalue weighted by atomic mass is 10.7. The van der Waals surface area contributed by atoms with Crippen molar-refractivity contribution >= 4 is 22.2 Å². The smallest absolute Gasteiger partial charge is 0.244 e. The Labute approximate surface area is 50.3 Å². The topological polar surface area (TPSA) is 26.3 Å². The van der Waals surface area contributed by atoms with Crippen molar-refractivity contribution in [1.82, 2.24) is 0 Å². The Morgan fingerprint density at radius 2 is 2.57 bits per heavy atom. The highest BCUT2D eigenvalue weighted by atomic mass is 79.9. The molecule has 0 N–H and O–H groups in total. The number of hydrogen-bond donors (Lipinski definition) is 0. The second-order valence-corrected chi connectivity index (χ2v) is 1.66. The molecule has 0 aromatic rings. The number of hydrogen-bond acceptors (Lipinski definition) is 2. The summed E-state index contributed by atoms with van der Waals surface area (Å²) in [7, 11) is 1.46. The van der Waals surface area contributed by atoms with Crippen molar-refractivity contribution in [3.8, 4) is 0 Å². The van der Waals surface area contributed by atoms with Gasteiger partial charge in [-0.1, -0.05) is 0 Å². The molecule has 0 bridgehead atoms. The zero-order valence-electron chi connectivity index (χ0n) is 3.77. The average molecular weight is 164 g/mol. The molecule has 0 aliphatic heterocycles. The van der Waals surface area contributed by atoms with Crippen molar-refractivity contribution in [1.29, 1.82) is 0 Å². The van der Waals surface area contributed by atoms with Crippen molar-refractivity contribution < 1.29 is 9.53 Å². The third-order valence-corrected chi connectivity index (χ3v) is 0.668. The van der Waals surface area contributed by atoms with E-state index in [4.69, 9.17) is 0 Å². The summed E-state index contributed by atoms with van der Waals surface area (Å²) in [6.45, 7) is 0. The predicted octanol–water partition coefficient (Wildman–Crippen LogP) is 0.979. The Hall–Kier alpha value is -0.310. The van der Waals surface area contributed by atoms with E-state index in [2.05, 4.69) is 20.7 Å². The molecule has 3 heteroatoms. The minimum Gasteiger partial charge on any atom is -0.503 e. The van der Waals surface area contributed by atoms with Gasteiger partial charge in [-0.25, -0.2) is 0 Å². The normalized spacial score (nSPS) is 10.9. The van der Waals surface area contributed by atoms with Gasteiger partial charge < -0.3 is 4.74 Å². The maximum atomic E-state index is 9.57. The molecule has 0 heterocycles. The molecular weight excluding hydrogens is 160 g/mol. The molecule has 7 heavy (non-hydrogen) atoms. The second-order valence-electron chi connectivity index (χ2n) is 0.804. The number of halogens is 1. The number of rotatable bonds is 2. The van der Waals surface area contributed by atoms with Crippen LogP contribution in [0.1, 0.15) is 0 Å². The fraction of sp³-hybridized carbons (Fsp3) is 0.250. The summed E-state index contributed by atoms with van der Waals surface area (Å²) in [6.07, 6.45) is 2.83. The van der Waals surface area contributed by atoms with Gasteiger partial charge in [-0.15, -0.1) is 0 Å². The second kappa shape index (κ2) is 3.87. The molecule has 0 spiro atoms. The van der Waals surface area contributed by atoms with Gasteiger partial charge in [0.1, 0.15) is 10.7 Å². The molecule has 2 nitrogen and oxygen atoms in total. The molecule has 1 radical (unpaired) electrons. The molecule has 0 aromatic carbocycles. The van der Waals surface area contributed by atoms with E-state index < -0.39 is 0 Å². The SMILES string of the molecule is CO/C=C(\Br)[C]=O. The van der Waals surface area contributed by atoms with Crippen LogP contribution in [0.2, 0.25) is 0 Å². The molecule has 0 fully saturated rings. The van der Waals surface area contributed by atoms with Gasteiger partial charge in [0.25, 0.3) is 0 Å². The van der Waals surface area contributed by atoms with Gasteiger partial charge in [0, 0.05) is 0 Å². The Balaban J connectivity index is 3.49. The molecule has 0 aliphatic carbocycles. The van der Waals surface area contributed by atoms with Gasteiger partial charge in [0.15, 0.2) is 0 Å². The molecule has 0 aromatic heterocycles. The van der Waals surface area contributed by atoms with Crippen molar-refractivity contribution in [2.24, 2.45) is 0 Å². The first-order valence-electron chi connectivity index (χ1n) is 1.58. The van der Waals surface area contributed by atoms with E-state index in [-0.39, 0.29) is 4.48 Å². The summed E-state index contributed by atoms with van der Waals surface area (Å²) >= 11 is 2.85. The maximum absolute atomic E-state index is 9.57. The van der Waals surface area contributed by atoms with Gasteiger partial charge >= 0.3 is 0 Å². The number of allylic oxidation sites excluding steroid dienone is 1. The van der Waals surface area contributed by atoms with Gasteiger partial charge in [-0.3, -0.25) is 4.79 Å². The highest BCUT2D eigenvalue weighted by Gasteiger charge is 1.82. The summed E-state index contributed by atoms with van der Waals surface area (Å²) in [5, 5.41) is 0. The van der Waals surface area contributed by atoms with Crippen LogP contribution in [0.5, 0.6) is 0 Å². The van der Waals surface area contributed by atoms with Crippen LogP contribution >= 0.6 is 15.9 Å². The summed E-state index contributed by atoms with van der Waals surface area (Å²) in [5.74, 6) is 0. The van der Waals surface area contributed by atoms with Crippen LogP contribution in [0.3, 0.4) is 0 Å². The molecule has 39 valence electrons. The Morgan fingerprint density at radius 3 is 2.71 bits per heavy atom. The monoisotopic (exact) mass is 163 g/mol. The molecule has 0 unspecified atom stereocenters. The highest BCUT2D eigenvalue weighted by molar-refractivity contribution is 9.12. The van der Waals surface area contributed by atoms with Crippen LogP contribution in [0, 0.1) is 0 Å². The predicted molar refractivity (Wildman–Crippen MR) is 29.7 cm³/mol. The lowest BCUT2D eigenvalue weighted by Crippen LogP contribution is -1.71. The average Bonchev–Trinajstić information content (AvgIpc) is 1.68. The zero-order valence-corrected chi connectivity index (χ0v) is 5.36. The summed E-state index contributed by atoms with van der Waals surface area (Å²) in [6, 6.07) is 0. The van der Waals surface area contributed by atoms with Crippen LogP contribution in [-0.2, 0) is 9.53 Å². The van der Waals surface area contributed by atoms with Gasteiger partial charge in [0.05, 0.1) is 7.11 Å². The van der Waals surface area contributed by atoms with Crippen LogP contribution in [0.4, 0.5) is 0 Å². The maximum Gasteiger partial charge on any atom is 0.244 e. The number of ether oxygens (including phenoxy) is 1. The van der Waals surface area contributed by atoms with E-state index >= 15 is 0 Å². The summed E-state index contributed by atoms with van der Waals surface area (Å²) in [4.78, 5) is 9.57. The molecule has 0 saturated carbocycles. The van der Waals surface area contributed by atoms with Crippen LogP contribution < -0.4 is 0 Å².